The maximum absolute atomic E-state index is 8.40. The second kappa shape index (κ2) is 5.07. The average molecular weight is 185 g/mol. The zero-order chi connectivity index (χ0) is 9.68. The molecule has 0 amide bonds. The van der Waals surface area contributed by atoms with E-state index in [1.807, 2.05) is 5.48 Å². The predicted octanol–water partition coefficient (Wildman–Crippen LogP) is 1.11. The molecule has 1 saturated carbocycles. The smallest absolute Gasteiger partial charge is 0.212 e. The largest absolute Gasteiger partial charge is 0.368 e. The lowest BCUT2D eigenvalue weighted by Gasteiger charge is -2.24. The number of hydrogen-bond acceptors (Lipinski definition) is 2. The Kier molecular flexibility index (Phi) is 4.02. The molecule has 0 aromatic carbocycles. The van der Waals surface area contributed by atoms with Crippen molar-refractivity contribution in [3.63, 3.8) is 0 Å². The monoisotopic (exact) mass is 185 g/mol. The van der Waals surface area contributed by atoms with Gasteiger partial charge in [0.05, 0.1) is 0 Å². The minimum absolute atomic E-state index is 0.124. The molecule has 0 unspecified atom stereocenters. The van der Waals surface area contributed by atoms with Crippen LogP contribution in [0.3, 0.4) is 0 Å². The van der Waals surface area contributed by atoms with E-state index in [0.717, 1.165) is 12.5 Å². The van der Waals surface area contributed by atoms with E-state index >= 15 is 0 Å². The second-order valence-corrected chi connectivity index (χ2v) is 3.96. The first-order valence-electron chi connectivity index (χ1n) is 4.92. The molecule has 4 N–H and O–H groups in total. The van der Waals surface area contributed by atoms with E-state index in [2.05, 4.69) is 11.9 Å². The molecule has 1 aliphatic rings. The van der Waals surface area contributed by atoms with Gasteiger partial charge in [0.1, 0.15) is 0 Å². The Hall–Kier alpha value is -0.770. The van der Waals surface area contributed by atoms with Crippen molar-refractivity contribution in [2.75, 3.05) is 6.54 Å². The second-order valence-electron chi connectivity index (χ2n) is 3.96. The third-order valence-corrected chi connectivity index (χ3v) is 2.77. The first kappa shape index (κ1) is 10.3. The molecule has 0 radical (unpaired) electrons. The maximum Gasteiger partial charge on any atom is 0.212 e. The molecule has 0 heterocycles. The van der Waals surface area contributed by atoms with Gasteiger partial charge in [0.15, 0.2) is 0 Å². The van der Waals surface area contributed by atoms with Crippen molar-refractivity contribution in [2.24, 2.45) is 22.6 Å². The molecule has 0 aromatic heterocycles. The molecule has 76 valence electrons. The van der Waals surface area contributed by atoms with E-state index in [9.17, 15) is 0 Å². The first-order valence-corrected chi connectivity index (χ1v) is 4.92. The molecule has 1 aliphatic carbocycles. The van der Waals surface area contributed by atoms with Gasteiger partial charge in [-0.3, -0.25) is 10.2 Å². The van der Waals surface area contributed by atoms with Crippen molar-refractivity contribution in [2.45, 2.75) is 32.6 Å². The van der Waals surface area contributed by atoms with Crippen LogP contribution in [0.1, 0.15) is 32.6 Å². The lowest BCUT2D eigenvalue weighted by Crippen LogP contribution is -2.29. The van der Waals surface area contributed by atoms with Crippen LogP contribution in [0.25, 0.3) is 0 Å². The lowest BCUT2D eigenvalue weighted by atomic mass is 9.83. The number of guanidine groups is 1. The summed E-state index contributed by atoms with van der Waals surface area (Å²) in [5.41, 5.74) is 7.15. The van der Waals surface area contributed by atoms with E-state index in [-0.39, 0.29) is 5.96 Å². The SMILES string of the molecule is CC1CCC(CN=C(N)NO)CC1. The number of hydrogen-bond donors (Lipinski definition) is 3. The van der Waals surface area contributed by atoms with Crippen molar-refractivity contribution in [3.8, 4) is 0 Å². The van der Waals surface area contributed by atoms with Crippen LogP contribution in [0, 0.1) is 11.8 Å². The lowest BCUT2D eigenvalue weighted by molar-refractivity contribution is 0.231. The van der Waals surface area contributed by atoms with Gasteiger partial charge in [-0.15, -0.1) is 0 Å². The molecule has 1 fully saturated rings. The number of rotatable bonds is 2. The highest BCUT2D eigenvalue weighted by Gasteiger charge is 2.17. The van der Waals surface area contributed by atoms with Gasteiger partial charge in [0.2, 0.25) is 5.96 Å². The van der Waals surface area contributed by atoms with E-state index in [4.69, 9.17) is 10.9 Å². The van der Waals surface area contributed by atoms with Crippen molar-refractivity contribution >= 4 is 5.96 Å². The summed E-state index contributed by atoms with van der Waals surface area (Å²) in [6.45, 7) is 3.04. The number of nitrogens with zero attached hydrogens (tertiary/aromatic N) is 1. The van der Waals surface area contributed by atoms with Crippen LogP contribution in [0.2, 0.25) is 0 Å². The van der Waals surface area contributed by atoms with E-state index < -0.39 is 0 Å². The number of nitrogens with two attached hydrogens (primary N) is 1. The molecule has 13 heavy (non-hydrogen) atoms. The van der Waals surface area contributed by atoms with Gasteiger partial charge in [0, 0.05) is 6.54 Å². The molecule has 4 nitrogen and oxygen atoms in total. The van der Waals surface area contributed by atoms with Crippen LogP contribution >= 0.6 is 0 Å². The number of hydroxylamine groups is 1. The molecule has 4 heteroatoms. The average Bonchev–Trinajstić information content (AvgIpc) is 2.16. The Labute approximate surface area is 79.2 Å². The van der Waals surface area contributed by atoms with Gasteiger partial charge in [-0.25, -0.2) is 5.48 Å². The highest BCUT2D eigenvalue weighted by molar-refractivity contribution is 5.76. The van der Waals surface area contributed by atoms with Crippen LogP contribution in [-0.2, 0) is 0 Å². The summed E-state index contributed by atoms with van der Waals surface area (Å²) in [5.74, 6) is 1.65. The van der Waals surface area contributed by atoms with Gasteiger partial charge in [-0.1, -0.05) is 19.8 Å². The maximum atomic E-state index is 8.40. The summed E-state index contributed by atoms with van der Waals surface area (Å²) >= 11 is 0. The molecule has 0 bridgehead atoms. The molecule has 0 spiro atoms. The van der Waals surface area contributed by atoms with Crippen LogP contribution in [0.5, 0.6) is 0 Å². The molecule has 1 rings (SSSR count). The summed E-state index contributed by atoms with van der Waals surface area (Å²) in [5, 5.41) is 8.40. The minimum atomic E-state index is 0.124. The van der Waals surface area contributed by atoms with Crippen LogP contribution < -0.4 is 11.2 Å². The number of nitrogens with one attached hydrogen (secondary N) is 1. The Morgan fingerprint density at radius 3 is 2.62 bits per heavy atom. The fourth-order valence-electron chi connectivity index (χ4n) is 1.77. The fourth-order valence-corrected chi connectivity index (χ4v) is 1.77. The van der Waals surface area contributed by atoms with Crippen LogP contribution in [0.4, 0.5) is 0 Å². The van der Waals surface area contributed by atoms with E-state index in [1.54, 1.807) is 0 Å². The zero-order valence-corrected chi connectivity index (χ0v) is 8.16. The Balaban J connectivity index is 2.23. The van der Waals surface area contributed by atoms with Crippen molar-refractivity contribution < 1.29 is 5.21 Å². The van der Waals surface area contributed by atoms with Crippen molar-refractivity contribution in [3.05, 3.63) is 0 Å². The third kappa shape index (κ3) is 3.63. The topological polar surface area (TPSA) is 70.6 Å². The predicted molar refractivity (Wildman–Crippen MR) is 52.5 cm³/mol. The molecular formula is C9H19N3O. The summed E-state index contributed by atoms with van der Waals surface area (Å²) in [7, 11) is 0. The Morgan fingerprint density at radius 1 is 1.46 bits per heavy atom. The summed E-state index contributed by atoms with van der Waals surface area (Å²) in [6.07, 6.45) is 5.08. The summed E-state index contributed by atoms with van der Waals surface area (Å²) in [6, 6.07) is 0. The zero-order valence-electron chi connectivity index (χ0n) is 8.16. The molecule has 0 aliphatic heterocycles. The van der Waals surface area contributed by atoms with Gasteiger partial charge < -0.3 is 5.73 Å². The summed E-state index contributed by atoms with van der Waals surface area (Å²) < 4.78 is 0. The van der Waals surface area contributed by atoms with Gasteiger partial charge in [-0.2, -0.15) is 0 Å². The molecule has 0 saturated heterocycles. The van der Waals surface area contributed by atoms with Gasteiger partial charge in [0.25, 0.3) is 0 Å². The first-order chi connectivity index (χ1) is 6.22. The molecule has 0 aromatic rings. The van der Waals surface area contributed by atoms with Gasteiger partial charge >= 0.3 is 0 Å². The van der Waals surface area contributed by atoms with Crippen molar-refractivity contribution in [1.29, 1.82) is 0 Å². The quantitative estimate of drug-likeness (QED) is 0.343. The van der Waals surface area contributed by atoms with Crippen molar-refractivity contribution in [1.82, 2.24) is 5.48 Å². The number of aliphatic imine (C=N–C) groups is 1. The highest BCUT2D eigenvalue weighted by atomic mass is 16.5. The normalized spacial score (nSPS) is 30.2. The van der Waals surface area contributed by atoms with E-state index in [0.29, 0.717) is 5.92 Å². The minimum Gasteiger partial charge on any atom is -0.368 e. The van der Waals surface area contributed by atoms with Crippen LogP contribution in [0.15, 0.2) is 4.99 Å². The third-order valence-electron chi connectivity index (χ3n) is 2.77. The fraction of sp³-hybridized carbons (Fsp3) is 0.889. The Bertz CT molecular complexity index is 174. The van der Waals surface area contributed by atoms with Crippen LogP contribution in [-0.4, -0.2) is 17.7 Å². The Morgan fingerprint density at radius 2 is 2.08 bits per heavy atom. The highest BCUT2D eigenvalue weighted by Crippen LogP contribution is 2.28. The molecular weight excluding hydrogens is 166 g/mol. The summed E-state index contributed by atoms with van der Waals surface area (Å²) in [4.78, 5) is 4.02. The molecule has 0 atom stereocenters. The van der Waals surface area contributed by atoms with E-state index in [1.165, 1.54) is 25.7 Å². The standard InChI is InChI=1S/C9H19N3O/c1-7-2-4-8(5-3-7)6-11-9(10)12-13/h7-8,13H,2-6H2,1H3,(H3,10,11,12). The van der Waals surface area contributed by atoms with Gasteiger partial charge in [-0.05, 0) is 24.7 Å².